The van der Waals surface area contributed by atoms with E-state index < -0.39 is 0 Å². The van der Waals surface area contributed by atoms with Crippen LogP contribution in [0.4, 0.5) is 0 Å². The Morgan fingerprint density at radius 1 is 1.13 bits per heavy atom. The van der Waals surface area contributed by atoms with Crippen LogP contribution in [0, 0.1) is 11.3 Å². The van der Waals surface area contributed by atoms with Crippen LogP contribution >= 0.6 is 0 Å². The number of amides is 1. The minimum absolute atomic E-state index is 0.0925. The van der Waals surface area contributed by atoms with Gasteiger partial charge in [-0.1, -0.05) is 0 Å². The van der Waals surface area contributed by atoms with Gasteiger partial charge in [-0.3, -0.25) is 9.69 Å². The molecule has 2 fully saturated rings. The lowest BCUT2D eigenvalue weighted by molar-refractivity contribution is 0.0761. The maximum atomic E-state index is 13.2. The van der Waals surface area contributed by atoms with E-state index in [1.54, 1.807) is 24.3 Å². The van der Waals surface area contributed by atoms with E-state index in [9.17, 15) is 4.79 Å². The van der Waals surface area contributed by atoms with Crippen LogP contribution in [0.2, 0.25) is 0 Å². The molecule has 1 aliphatic heterocycles. The van der Waals surface area contributed by atoms with Gasteiger partial charge in [0.15, 0.2) is 0 Å². The maximum Gasteiger partial charge on any atom is 0.253 e. The van der Waals surface area contributed by atoms with Crippen LogP contribution in [0.25, 0.3) is 0 Å². The molecule has 0 bridgehead atoms. The summed E-state index contributed by atoms with van der Waals surface area (Å²) >= 11 is 0. The second kappa shape index (κ2) is 9.29. The molecule has 30 heavy (non-hydrogen) atoms. The van der Waals surface area contributed by atoms with Gasteiger partial charge in [-0.25, -0.2) is 0 Å². The minimum Gasteiger partial charge on any atom is -0.457 e. The van der Waals surface area contributed by atoms with Crippen LogP contribution < -0.4 is 10.1 Å². The Balaban J connectivity index is 1.48. The normalized spacial score (nSPS) is 17.3. The fourth-order valence-electron chi connectivity index (χ4n) is 3.99. The third kappa shape index (κ3) is 4.81. The van der Waals surface area contributed by atoms with Crippen LogP contribution in [0.5, 0.6) is 11.5 Å². The number of ether oxygens (including phenoxy) is 1. The van der Waals surface area contributed by atoms with Gasteiger partial charge in [-0.2, -0.15) is 5.26 Å². The Morgan fingerprint density at radius 2 is 1.93 bits per heavy atom. The van der Waals surface area contributed by atoms with Crippen molar-refractivity contribution >= 4 is 5.91 Å². The van der Waals surface area contributed by atoms with Crippen molar-refractivity contribution in [2.45, 2.75) is 31.8 Å². The highest BCUT2D eigenvalue weighted by molar-refractivity contribution is 5.94. The Hall–Kier alpha value is -2.88. The van der Waals surface area contributed by atoms with Crippen molar-refractivity contribution in [2.75, 3.05) is 33.2 Å². The van der Waals surface area contributed by atoms with Crippen molar-refractivity contribution in [3.63, 3.8) is 0 Å². The topological polar surface area (TPSA) is 68.6 Å². The van der Waals surface area contributed by atoms with E-state index in [0.29, 0.717) is 29.2 Å². The highest BCUT2D eigenvalue weighted by Gasteiger charge is 2.31. The molecule has 156 valence electrons. The van der Waals surface area contributed by atoms with Gasteiger partial charge in [0.1, 0.15) is 11.5 Å². The van der Waals surface area contributed by atoms with E-state index in [1.807, 2.05) is 30.1 Å². The Labute approximate surface area is 178 Å². The van der Waals surface area contributed by atoms with Crippen LogP contribution in [0.1, 0.15) is 40.7 Å². The van der Waals surface area contributed by atoms with Gasteiger partial charge in [0.25, 0.3) is 5.91 Å². The number of rotatable bonds is 6. The van der Waals surface area contributed by atoms with E-state index in [1.165, 1.54) is 12.8 Å². The number of nitrogens with one attached hydrogen (secondary N) is 1. The number of benzene rings is 2. The molecule has 1 saturated carbocycles. The molecule has 6 heteroatoms. The van der Waals surface area contributed by atoms with E-state index >= 15 is 0 Å². The zero-order valence-electron chi connectivity index (χ0n) is 17.4. The summed E-state index contributed by atoms with van der Waals surface area (Å²) < 4.78 is 6.03. The molecule has 1 aliphatic carbocycles. The molecule has 0 spiro atoms. The summed E-state index contributed by atoms with van der Waals surface area (Å²) in [4.78, 5) is 17.7. The van der Waals surface area contributed by atoms with Gasteiger partial charge < -0.3 is 15.0 Å². The zero-order chi connectivity index (χ0) is 20.9. The number of nitrogens with zero attached hydrogens (tertiary/aromatic N) is 3. The SMILES string of the molecule is CNCc1cc(C(=O)N2CCCN(C3CC3)CC2)ccc1Oc1ccc(C#N)cc1. The molecule has 0 radical (unpaired) electrons. The van der Waals surface area contributed by atoms with Gasteiger partial charge in [-0.15, -0.1) is 0 Å². The average molecular weight is 405 g/mol. The van der Waals surface area contributed by atoms with Crippen molar-refractivity contribution in [3.05, 3.63) is 59.2 Å². The van der Waals surface area contributed by atoms with Crippen molar-refractivity contribution in [3.8, 4) is 17.6 Å². The second-order valence-corrected chi connectivity index (χ2v) is 8.00. The summed E-state index contributed by atoms with van der Waals surface area (Å²) in [6.45, 7) is 4.27. The first kappa shape index (κ1) is 20.4. The summed E-state index contributed by atoms with van der Waals surface area (Å²) in [7, 11) is 1.88. The molecular formula is C24H28N4O2. The predicted octanol–water partition coefficient (Wildman–Crippen LogP) is 3.38. The van der Waals surface area contributed by atoms with Gasteiger partial charge in [0.2, 0.25) is 0 Å². The van der Waals surface area contributed by atoms with Gasteiger partial charge >= 0.3 is 0 Å². The summed E-state index contributed by atoms with van der Waals surface area (Å²) in [5.41, 5.74) is 2.23. The monoisotopic (exact) mass is 404 g/mol. The molecule has 1 N–H and O–H groups in total. The third-order valence-electron chi connectivity index (χ3n) is 5.77. The number of hydrogen-bond acceptors (Lipinski definition) is 5. The molecule has 0 unspecified atom stereocenters. The molecule has 1 heterocycles. The van der Waals surface area contributed by atoms with Crippen molar-refractivity contribution in [1.29, 1.82) is 5.26 Å². The van der Waals surface area contributed by atoms with E-state index in [2.05, 4.69) is 16.3 Å². The maximum absolute atomic E-state index is 13.2. The first-order valence-corrected chi connectivity index (χ1v) is 10.7. The number of nitriles is 1. The first-order valence-electron chi connectivity index (χ1n) is 10.7. The zero-order valence-corrected chi connectivity index (χ0v) is 17.4. The highest BCUT2D eigenvalue weighted by Crippen LogP contribution is 2.29. The first-order chi connectivity index (χ1) is 14.7. The second-order valence-electron chi connectivity index (χ2n) is 8.00. The molecule has 1 saturated heterocycles. The van der Waals surface area contributed by atoms with Crippen LogP contribution in [-0.2, 0) is 6.54 Å². The average Bonchev–Trinajstić information content (AvgIpc) is 3.62. The largest absolute Gasteiger partial charge is 0.457 e. The standard InChI is InChI=1S/C24H28N4O2/c1-26-17-20-15-19(5-10-23(20)30-22-8-3-18(16-25)4-9-22)24(29)28-12-2-11-27(13-14-28)21-6-7-21/h3-5,8-10,15,21,26H,2,6-7,11-14,17H2,1H3. The molecule has 2 aromatic carbocycles. The lowest BCUT2D eigenvalue weighted by Gasteiger charge is -2.22. The van der Waals surface area contributed by atoms with Crippen molar-refractivity contribution in [2.24, 2.45) is 0 Å². The smallest absolute Gasteiger partial charge is 0.253 e. The molecule has 1 amide bonds. The van der Waals surface area contributed by atoms with Crippen molar-refractivity contribution in [1.82, 2.24) is 15.1 Å². The van der Waals surface area contributed by atoms with E-state index in [0.717, 1.165) is 44.2 Å². The summed E-state index contributed by atoms with van der Waals surface area (Å²) in [6.07, 6.45) is 3.65. The van der Waals surface area contributed by atoms with Gasteiger partial charge in [0, 0.05) is 49.9 Å². The summed E-state index contributed by atoms with van der Waals surface area (Å²) in [5, 5.41) is 12.1. The molecule has 4 rings (SSSR count). The molecule has 0 aromatic heterocycles. The molecule has 2 aliphatic rings. The number of hydrogen-bond donors (Lipinski definition) is 1. The minimum atomic E-state index is 0.0925. The van der Waals surface area contributed by atoms with Crippen LogP contribution in [-0.4, -0.2) is 55.0 Å². The fraction of sp³-hybridized carbons (Fsp3) is 0.417. The highest BCUT2D eigenvalue weighted by atomic mass is 16.5. The lowest BCUT2D eigenvalue weighted by Crippen LogP contribution is -2.35. The Morgan fingerprint density at radius 3 is 2.63 bits per heavy atom. The summed E-state index contributed by atoms with van der Waals surface area (Å²) in [6, 6.07) is 15.5. The fourth-order valence-corrected chi connectivity index (χ4v) is 3.99. The quantitative estimate of drug-likeness (QED) is 0.799. The predicted molar refractivity (Wildman–Crippen MR) is 116 cm³/mol. The van der Waals surface area contributed by atoms with Gasteiger partial charge in [-0.05, 0) is 68.8 Å². The Bertz CT molecular complexity index is 931. The molecule has 2 aromatic rings. The van der Waals surface area contributed by atoms with Crippen LogP contribution in [0.15, 0.2) is 42.5 Å². The summed E-state index contributed by atoms with van der Waals surface area (Å²) in [5.74, 6) is 1.47. The molecular weight excluding hydrogens is 376 g/mol. The third-order valence-corrected chi connectivity index (χ3v) is 5.77. The number of carbonyl (C=O) groups is 1. The lowest BCUT2D eigenvalue weighted by atomic mass is 10.1. The molecule has 0 atom stereocenters. The van der Waals surface area contributed by atoms with E-state index in [-0.39, 0.29) is 5.91 Å². The van der Waals surface area contributed by atoms with Gasteiger partial charge in [0.05, 0.1) is 11.6 Å². The molecule has 6 nitrogen and oxygen atoms in total. The van der Waals surface area contributed by atoms with Crippen LogP contribution in [0.3, 0.4) is 0 Å². The van der Waals surface area contributed by atoms with E-state index in [4.69, 9.17) is 10.00 Å². The van der Waals surface area contributed by atoms with Crippen molar-refractivity contribution < 1.29 is 9.53 Å². The number of carbonyl (C=O) groups excluding carboxylic acids is 1. The Kier molecular flexibility index (Phi) is 6.32.